The van der Waals surface area contributed by atoms with Crippen LogP contribution in [0.1, 0.15) is 68.3 Å². The Morgan fingerprint density at radius 1 is 0.949 bits per heavy atom. The van der Waals surface area contributed by atoms with E-state index in [-0.39, 0.29) is 17.5 Å². The minimum atomic E-state index is -1.07. The molecule has 7 rings (SSSR count). The Labute approximate surface area is 354 Å². The van der Waals surface area contributed by atoms with Crippen LogP contribution >= 0.6 is 23.2 Å². The summed E-state index contributed by atoms with van der Waals surface area (Å²) in [5.41, 5.74) is 9.13. The average Bonchev–Trinajstić information content (AvgIpc) is 3.81. The fraction of sp³-hybridized carbons (Fsp3) is 0.400. The van der Waals surface area contributed by atoms with E-state index in [4.69, 9.17) is 42.5 Å². The molecule has 1 amide bonds. The van der Waals surface area contributed by atoms with E-state index in [2.05, 4.69) is 11.5 Å². The van der Waals surface area contributed by atoms with Gasteiger partial charge in [0.15, 0.2) is 0 Å². The van der Waals surface area contributed by atoms with Gasteiger partial charge in [0.1, 0.15) is 23.8 Å². The molecule has 0 radical (unpaired) electrons. The lowest BCUT2D eigenvalue weighted by Gasteiger charge is -2.35. The summed E-state index contributed by atoms with van der Waals surface area (Å²) in [6, 6.07) is 11.2. The van der Waals surface area contributed by atoms with E-state index < -0.39 is 5.97 Å². The van der Waals surface area contributed by atoms with Gasteiger partial charge >= 0.3 is 5.97 Å². The van der Waals surface area contributed by atoms with Crippen LogP contribution in [0.15, 0.2) is 42.6 Å². The van der Waals surface area contributed by atoms with Gasteiger partial charge in [0.2, 0.25) is 0 Å². The van der Waals surface area contributed by atoms with Gasteiger partial charge in [0.25, 0.3) is 5.91 Å². The fourth-order valence-corrected chi connectivity index (χ4v) is 8.86. The summed E-state index contributed by atoms with van der Waals surface area (Å²) in [4.78, 5) is 32.0. The van der Waals surface area contributed by atoms with Gasteiger partial charge in [-0.15, -0.1) is 0 Å². The number of carbonyl (C=O) groups is 2. The first kappa shape index (κ1) is 42.1. The molecule has 1 aliphatic heterocycles. The highest BCUT2D eigenvalue weighted by molar-refractivity contribution is 6.35. The largest absolute Gasteiger partial charge is 0.494 e. The summed E-state index contributed by atoms with van der Waals surface area (Å²) >= 11 is 13.6. The van der Waals surface area contributed by atoms with E-state index in [1.165, 1.54) is 0 Å². The van der Waals surface area contributed by atoms with Crippen molar-refractivity contribution < 1.29 is 28.9 Å². The van der Waals surface area contributed by atoms with Crippen LogP contribution in [0.2, 0.25) is 10.0 Å². The van der Waals surface area contributed by atoms with Crippen LogP contribution in [0.5, 0.6) is 11.5 Å². The Bertz CT molecular complexity index is 2580. The molecule has 0 spiro atoms. The third-order valence-electron chi connectivity index (χ3n) is 11.4. The monoisotopic (exact) mass is 842 g/mol. The van der Waals surface area contributed by atoms with Crippen molar-refractivity contribution >= 4 is 62.6 Å². The average molecular weight is 844 g/mol. The van der Waals surface area contributed by atoms with Gasteiger partial charge in [0, 0.05) is 84.7 Å². The Kier molecular flexibility index (Phi) is 12.1. The van der Waals surface area contributed by atoms with Crippen LogP contribution in [-0.4, -0.2) is 94.9 Å². The highest BCUT2D eigenvalue weighted by atomic mass is 35.5. The van der Waals surface area contributed by atoms with Crippen LogP contribution in [0.25, 0.3) is 32.9 Å². The smallest absolute Gasteiger partial charge is 0.337 e. The number of aromatic carboxylic acids is 1. The van der Waals surface area contributed by atoms with E-state index in [9.17, 15) is 9.90 Å². The van der Waals surface area contributed by atoms with E-state index in [0.717, 1.165) is 60.9 Å². The Balaban J connectivity index is 1.41. The first-order chi connectivity index (χ1) is 28.1. The molecular weight excluding hydrogens is 791 g/mol. The Morgan fingerprint density at radius 3 is 2.29 bits per heavy atom. The zero-order chi connectivity index (χ0) is 42.4. The van der Waals surface area contributed by atoms with Gasteiger partial charge in [0.05, 0.1) is 46.2 Å². The molecule has 1 aliphatic rings. The highest BCUT2D eigenvalue weighted by Crippen LogP contribution is 2.46. The number of rotatable bonds is 15. The number of aryl methyl sites for hydroxylation is 5. The summed E-state index contributed by atoms with van der Waals surface area (Å²) in [6.45, 7) is 12.5. The minimum absolute atomic E-state index is 0.121. The van der Waals surface area contributed by atoms with Crippen molar-refractivity contribution in [3.8, 4) is 22.6 Å². The number of halogens is 2. The number of ether oxygens (including phenoxy) is 3. The van der Waals surface area contributed by atoms with Gasteiger partial charge in [-0.25, -0.2) is 4.79 Å². The number of hydrogen-bond donors (Lipinski definition) is 1. The molecule has 1 unspecified atom stereocenters. The lowest BCUT2D eigenvalue weighted by Crippen LogP contribution is -2.43. The summed E-state index contributed by atoms with van der Waals surface area (Å²) in [7, 11) is 7.45. The van der Waals surface area contributed by atoms with Gasteiger partial charge < -0.3 is 38.3 Å². The number of likely N-dealkylation sites (N-methyl/N-ethyl adjacent to an activating group) is 1. The van der Waals surface area contributed by atoms with E-state index >= 15 is 4.79 Å². The number of nitrogens with zero attached hydrogens (tertiary/aromatic N) is 6. The molecule has 3 aromatic heterocycles. The molecule has 312 valence electrons. The molecule has 6 aromatic rings. The number of anilines is 1. The molecule has 3 aromatic carbocycles. The van der Waals surface area contributed by atoms with Crippen molar-refractivity contribution in [3.63, 3.8) is 0 Å². The van der Waals surface area contributed by atoms with Crippen LogP contribution < -0.4 is 14.4 Å². The van der Waals surface area contributed by atoms with Crippen molar-refractivity contribution in [2.24, 2.45) is 7.05 Å². The van der Waals surface area contributed by atoms with E-state index in [1.54, 1.807) is 24.3 Å². The molecule has 1 N–H and O–H groups in total. The van der Waals surface area contributed by atoms with Gasteiger partial charge in [-0.3, -0.25) is 9.48 Å². The first-order valence-corrected chi connectivity index (χ1v) is 20.6. The number of benzene rings is 3. The second-order valence-electron chi connectivity index (χ2n) is 15.8. The molecule has 4 heterocycles. The number of carbonyl (C=O) groups excluding carboxylic acids is 1. The summed E-state index contributed by atoms with van der Waals surface area (Å²) < 4.78 is 23.8. The zero-order valence-electron chi connectivity index (χ0n) is 35.2. The zero-order valence-corrected chi connectivity index (χ0v) is 36.7. The van der Waals surface area contributed by atoms with Crippen molar-refractivity contribution in [2.45, 2.75) is 60.0 Å². The number of fused-ring (bicyclic) bond motifs is 4. The van der Waals surface area contributed by atoms with Crippen LogP contribution in [-0.2, 0) is 24.8 Å². The Hall–Kier alpha value is -5.01. The number of carboxylic acids is 1. The summed E-state index contributed by atoms with van der Waals surface area (Å²) in [5, 5.41) is 17.9. The Morgan fingerprint density at radius 2 is 1.64 bits per heavy atom. The number of aromatic nitrogens is 4. The number of methoxy groups -OCH3 is 1. The summed E-state index contributed by atoms with van der Waals surface area (Å²) in [6.07, 6.45) is 2.79. The maximum atomic E-state index is 15.5. The molecule has 14 heteroatoms. The maximum absolute atomic E-state index is 15.5. The standard InChI is InChI=1S/C45H52Cl2N6O6/c1-25-19-30(20-26(2)40(25)47)58-16-10-11-32-33-12-13-36(46)39(38-28(4)48-50(8)29(38)5)42(33)53-27(3)23-52(44(54)43(32)53)37-22-31(59-18-14-49(6)7)21-34-35(45(55)56)24-51(41(34)37)15-17-57-9/h12-13,19-22,24,27H,10-11,14-18,23H2,1-9H3,(H,55,56). The van der Waals surface area contributed by atoms with Crippen LogP contribution in [0.4, 0.5) is 5.69 Å². The third kappa shape index (κ3) is 7.79. The number of amides is 1. The molecule has 0 saturated heterocycles. The lowest BCUT2D eigenvalue weighted by atomic mass is 9.98. The quantitative estimate of drug-likeness (QED) is 0.102. The van der Waals surface area contributed by atoms with Crippen LogP contribution in [0, 0.1) is 27.7 Å². The predicted octanol–water partition coefficient (Wildman–Crippen LogP) is 9.05. The van der Waals surface area contributed by atoms with Crippen molar-refractivity contribution in [2.75, 3.05) is 59.0 Å². The number of carboxylic acid groups (broad SMARTS) is 1. The second-order valence-corrected chi connectivity index (χ2v) is 16.6. The molecule has 59 heavy (non-hydrogen) atoms. The van der Waals surface area contributed by atoms with Gasteiger partial charge in [-0.2, -0.15) is 5.10 Å². The molecule has 0 saturated carbocycles. The van der Waals surface area contributed by atoms with E-state index in [1.807, 2.05) is 93.3 Å². The topological polar surface area (TPSA) is 116 Å². The molecule has 1 atom stereocenters. The molecule has 0 aliphatic carbocycles. The van der Waals surface area contributed by atoms with Crippen molar-refractivity contribution in [3.05, 3.63) is 92.0 Å². The van der Waals surface area contributed by atoms with Crippen LogP contribution in [0.3, 0.4) is 0 Å². The predicted molar refractivity (Wildman–Crippen MR) is 235 cm³/mol. The van der Waals surface area contributed by atoms with Crippen molar-refractivity contribution in [1.29, 1.82) is 0 Å². The first-order valence-electron chi connectivity index (χ1n) is 19.9. The second kappa shape index (κ2) is 16.9. The van der Waals surface area contributed by atoms with E-state index in [0.29, 0.717) is 85.4 Å². The van der Waals surface area contributed by atoms with Gasteiger partial charge in [-0.05, 0) is 103 Å². The molecule has 12 nitrogen and oxygen atoms in total. The lowest BCUT2D eigenvalue weighted by molar-refractivity contribution is 0.0698. The SMILES string of the molecule is COCCn1cc(C(=O)O)c2cc(OCCN(C)C)cc(N3CC(C)n4c(c(CCCOc5cc(C)c(Cl)c(C)c5)c5ccc(Cl)c(-c6c(C)nn(C)c6C)c54)C3=O)c21. The van der Waals surface area contributed by atoms with Crippen molar-refractivity contribution in [1.82, 2.24) is 23.8 Å². The minimum Gasteiger partial charge on any atom is -0.494 e. The normalized spacial score (nSPS) is 14.3. The third-order valence-corrected chi connectivity index (χ3v) is 12.3. The highest BCUT2D eigenvalue weighted by Gasteiger charge is 2.38. The number of hydrogen-bond acceptors (Lipinski definition) is 7. The molecule has 0 bridgehead atoms. The van der Waals surface area contributed by atoms with Gasteiger partial charge in [-0.1, -0.05) is 29.3 Å². The molecule has 0 fully saturated rings. The fourth-order valence-electron chi connectivity index (χ4n) is 8.50. The summed E-state index contributed by atoms with van der Waals surface area (Å²) in [5.74, 6) is -0.0482. The molecular formula is C45H52Cl2N6O6. The maximum Gasteiger partial charge on any atom is 0.337 e.